The Morgan fingerprint density at radius 3 is 1.92 bits per heavy atom. The Kier molecular flexibility index (Phi) is 12.6. The van der Waals surface area contributed by atoms with E-state index < -0.39 is 0 Å². The van der Waals surface area contributed by atoms with Gasteiger partial charge in [-0.1, -0.05) is 100 Å². The molecule has 24 heavy (non-hydrogen) atoms. The molecule has 1 aromatic carbocycles. The van der Waals surface area contributed by atoms with Crippen LogP contribution < -0.4 is 5.73 Å². The second-order valence-electron chi connectivity index (χ2n) is 6.20. The monoisotopic (exact) mass is 330 g/mol. The van der Waals surface area contributed by atoms with Gasteiger partial charge in [0.1, 0.15) is 5.69 Å². The predicted molar refractivity (Wildman–Crippen MR) is 103 cm³/mol. The van der Waals surface area contributed by atoms with Crippen LogP contribution in [0.5, 0.6) is 0 Å². The lowest BCUT2D eigenvalue weighted by molar-refractivity contribution is 0.558. The van der Waals surface area contributed by atoms with Gasteiger partial charge in [0, 0.05) is 11.8 Å². The van der Waals surface area contributed by atoms with Gasteiger partial charge in [-0.25, -0.2) is 0 Å². The van der Waals surface area contributed by atoms with E-state index in [1.54, 1.807) is 6.20 Å². The highest BCUT2D eigenvalue weighted by Crippen LogP contribution is 2.13. The molecular weight excluding hydrogens is 296 g/mol. The first-order chi connectivity index (χ1) is 11.9. The van der Waals surface area contributed by atoms with Gasteiger partial charge < -0.3 is 5.73 Å². The van der Waals surface area contributed by atoms with Crippen molar-refractivity contribution in [3.8, 4) is 11.3 Å². The minimum absolute atomic E-state index is 0.872. The summed E-state index contributed by atoms with van der Waals surface area (Å²) in [6.07, 6.45) is 15.7. The number of nitrogens with zero attached hydrogens (tertiary/aromatic N) is 2. The molecule has 0 saturated carbocycles. The molecule has 0 atom stereocenters. The molecule has 0 bridgehead atoms. The second kappa shape index (κ2) is 14.9. The zero-order chi connectivity index (χ0) is 17.3. The normalized spacial score (nSPS) is 10.2. The van der Waals surface area contributed by atoms with Crippen LogP contribution in [0.2, 0.25) is 0 Å². The van der Waals surface area contributed by atoms with E-state index >= 15 is 0 Å². The van der Waals surface area contributed by atoms with Crippen LogP contribution in [0.1, 0.15) is 71.1 Å². The fraction of sp³-hybridized carbons (Fsp3) is 0.600. The summed E-state index contributed by atoms with van der Waals surface area (Å²) in [5.74, 6) is 0. The highest BCUT2D eigenvalue weighted by molar-refractivity contribution is 5.56. The number of aromatic nitrogens is 3. The lowest BCUT2D eigenvalue weighted by Gasteiger charge is -2.00. The number of hydrogen-bond donors (Lipinski definition) is 2. The summed E-state index contributed by atoms with van der Waals surface area (Å²) >= 11 is 0. The van der Waals surface area contributed by atoms with Crippen LogP contribution in [0.25, 0.3) is 11.3 Å². The summed E-state index contributed by atoms with van der Waals surface area (Å²) in [7, 11) is 0. The molecule has 0 radical (unpaired) electrons. The van der Waals surface area contributed by atoms with E-state index in [2.05, 4.69) is 22.3 Å². The van der Waals surface area contributed by atoms with Crippen LogP contribution in [0.3, 0.4) is 0 Å². The molecule has 0 aliphatic rings. The van der Waals surface area contributed by atoms with Gasteiger partial charge in [0.05, 0.1) is 0 Å². The van der Waals surface area contributed by atoms with Gasteiger partial charge in [-0.05, 0) is 13.0 Å². The average Bonchev–Trinajstić information content (AvgIpc) is 3.16. The summed E-state index contributed by atoms with van der Waals surface area (Å²) in [4.78, 5) is 0. The molecule has 1 heterocycles. The largest absolute Gasteiger partial charge is 0.330 e. The fourth-order valence-corrected chi connectivity index (χ4v) is 2.58. The van der Waals surface area contributed by atoms with Crippen molar-refractivity contribution in [3.05, 3.63) is 36.5 Å². The molecule has 2 rings (SSSR count). The van der Waals surface area contributed by atoms with Crippen molar-refractivity contribution in [1.82, 2.24) is 15.4 Å². The molecule has 4 nitrogen and oxygen atoms in total. The summed E-state index contributed by atoms with van der Waals surface area (Å²) in [6, 6.07) is 9.92. The minimum Gasteiger partial charge on any atom is -0.330 e. The van der Waals surface area contributed by atoms with Crippen LogP contribution in [0, 0.1) is 0 Å². The van der Waals surface area contributed by atoms with Crippen LogP contribution in [-0.4, -0.2) is 22.0 Å². The summed E-state index contributed by atoms with van der Waals surface area (Å²) in [5.41, 5.74) is 7.39. The molecule has 3 N–H and O–H groups in total. The van der Waals surface area contributed by atoms with Crippen molar-refractivity contribution in [2.75, 3.05) is 6.54 Å². The Labute approximate surface area is 147 Å². The average molecular weight is 331 g/mol. The Hall–Kier alpha value is -1.68. The lowest BCUT2D eigenvalue weighted by Crippen LogP contribution is -1.97. The van der Waals surface area contributed by atoms with E-state index in [1.165, 1.54) is 64.2 Å². The first-order valence-electron chi connectivity index (χ1n) is 9.50. The third-order valence-electron chi connectivity index (χ3n) is 4.04. The van der Waals surface area contributed by atoms with E-state index in [-0.39, 0.29) is 0 Å². The SMILES string of the molecule is CCCCCCCCCCCCN.c1ccc(-c2c[nH]nn2)cc1. The summed E-state index contributed by atoms with van der Waals surface area (Å²) < 4.78 is 0. The number of aromatic amines is 1. The van der Waals surface area contributed by atoms with Crippen LogP contribution in [0.15, 0.2) is 36.5 Å². The summed E-state index contributed by atoms with van der Waals surface area (Å²) in [5, 5.41) is 10.2. The van der Waals surface area contributed by atoms with E-state index in [1.807, 2.05) is 30.3 Å². The molecule has 0 unspecified atom stereocenters. The van der Waals surface area contributed by atoms with Crippen molar-refractivity contribution in [3.63, 3.8) is 0 Å². The molecule has 2 aromatic rings. The number of hydrogen-bond acceptors (Lipinski definition) is 3. The Bertz CT molecular complexity index is 458. The van der Waals surface area contributed by atoms with E-state index in [4.69, 9.17) is 5.73 Å². The molecule has 0 spiro atoms. The first-order valence-corrected chi connectivity index (χ1v) is 9.50. The molecule has 0 saturated heterocycles. The third-order valence-corrected chi connectivity index (χ3v) is 4.04. The van der Waals surface area contributed by atoms with Crippen molar-refractivity contribution in [1.29, 1.82) is 0 Å². The maximum Gasteiger partial charge on any atom is 0.112 e. The molecule has 134 valence electrons. The van der Waals surface area contributed by atoms with E-state index in [0.29, 0.717) is 0 Å². The zero-order valence-corrected chi connectivity index (χ0v) is 15.2. The number of benzene rings is 1. The number of H-pyrrole nitrogens is 1. The van der Waals surface area contributed by atoms with E-state index in [0.717, 1.165) is 17.8 Å². The maximum atomic E-state index is 5.42. The van der Waals surface area contributed by atoms with Gasteiger partial charge in [-0.3, -0.25) is 5.10 Å². The van der Waals surface area contributed by atoms with Crippen molar-refractivity contribution in [2.24, 2.45) is 5.73 Å². The summed E-state index contributed by atoms with van der Waals surface area (Å²) in [6.45, 7) is 3.14. The quantitative estimate of drug-likeness (QED) is 0.547. The van der Waals surface area contributed by atoms with Gasteiger partial charge in [0.15, 0.2) is 0 Å². The van der Waals surface area contributed by atoms with Crippen molar-refractivity contribution < 1.29 is 0 Å². The van der Waals surface area contributed by atoms with Crippen LogP contribution in [0.4, 0.5) is 0 Å². The Morgan fingerprint density at radius 1 is 0.833 bits per heavy atom. The third kappa shape index (κ3) is 10.2. The molecular formula is C20H34N4. The zero-order valence-electron chi connectivity index (χ0n) is 15.2. The number of rotatable bonds is 11. The molecule has 4 heteroatoms. The maximum absolute atomic E-state index is 5.42. The Morgan fingerprint density at radius 2 is 1.42 bits per heavy atom. The first kappa shape index (κ1) is 20.4. The van der Waals surface area contributed by atoms with Gasteiger partial charge in [-0.2, -0.15) is 0 Å². The minimum atomic E-state index is 0.872. The van der Waals surface area contributed by atoms with Gasteiger partial charge >= 0.3 is 0 Å². The van der Waals surface area contributed by atoms with Crippen LogP contribution >= 0.6 is 0 Å². The van der Waals surface area contributed by atoms with Crippen molar-refractivity contribution >= 4 is 0 Å². The van der Waals surface area contributed by atoms with Crippen molar-refractivity contribution in [2.45, 2.75) is 71.1 Å². The van der Waals surface area contributed by atoms with Gasteiger partial charge in [0.25, 0.3) is 0 Å². The lowest BCUT2D eigenvalue weighted by atomic mass is 10.1. The fourth-order valence-electron chi connectivity index (χ4n) is 2.58. The highest BCUT2D eigenvalue weighted by Gasteiger charge is 1.96. The number of unbranched alkanes of at least 4 members (excludes halogenated alkanes) is 9. The van der Waals surface area contributed by atoms with E-state index in [9.17, 15) is 0 Å². The highest BCUT2D eigenvalue weighted by atomic mass is 15.3. The molecule has 0 amide bonds. The standard InChI is InChI=1S/C12H27N.C8H7N3/c1-2-3-4-5-6-7-8-9-10-11-12-13;1-2-4-7(5-3-1)8-6-9-11-10-8/h2-13H2,1H3;1-6H,(H,9,10,11). The Balaban J connectivity index is 0.000000242. The van der Waals surface area contributed by atoms with Gasteiger partial charge in [-0.15, -0.1) is 5.10 Å². The predicted octanol–water partition coefficient (Wildman–Crippen LogP) is 5.34. The molecule has 1 aromatic heterocycles. The van der Waals surface area contributed by atoms with Gasteiger partial charge in [0.2, 0.25) is 0 Å². The second-order valence-corrected chi connectivity index (χ2v) is 6.20. The number of nitrogens with one attached hydrogen (secondary N) is 1. The van der Waals surface area contributed by atoms with Crippen LogP contribution in [-0.2, 0) is 0 Å². The molecule has 0 fully saturated rings. The molecule has 0 aliphatic heterocycles. The number of nitrogens with two attached hydrogens (primary N) is 1. The molecule has 0 aliphatic carbocycles. The topological polar surface area (TPSA) is 67.6 Å². The smallest absolute Gasteiger partial charge is 0.112 e.